The van der Waals surface area contributed by atoms with Gasteiger partial charge in [0, 0.05) is 94.3 Å². The average Bonchev–Trinajstić information content (AvgIpc) is 1.57. The Morgan fingerprint density at radius 2 is 0.857 bits per heavy atom. The topological polar surface area (TPSA) is 303 Å². The lowest BCUT2D eigenvalue weighted by Gasteiger charge is -2.33. The normalized spacial score (nSPS) is 19.3. The highest BCUT2D eigenvalue weighted by Crippen LogP contribution is 2.40. The van der Waals surface area contributed by atoms with Crippen LogP contribution in [0.5, 0.6) is 0 Å². The van der Waals surface area contributed by atoms with E-state index >= 15 is 0 Å². The number of aryl methyl sites for hydroxylation is 6. The van der Waals surface area contributed by atoms with Gasteiger partial charge in [0.25, 0.3) is 0 Å². The number of aliphatic hydroxyl groups excluding tert-OH is 3. The van der Waals surface area contributed by atoms with Gasteiger partial charge in [0.2, 0.25) is 17.7 Å². The zero-order valence-electron chi connectivity index (χ0n) is 56.5. The Balaban J connectivity index is 0.000000159. The lowest BCUT2D eigenvalue weighted by molar-refractivity contribution is -0.141. The fraction of sp³-hybridized carbons (Fsp3) is 0.432. The van der Waals surface area contributed by atoms with Gasteiger partial charge < -0.3 is 48.0 Å². The maximum absolute atomic E-state index is 13.7. The number of hydrogen-bond acceptors (Lipinski definition) is 21. The molecular formula is C74H85N9O13S2. The number of aromatic nitrogens is 6. The maximum atomic E-state index is 13.7. The van der Waals surface area contributed by atoms with Crippen molar-refractivity contribution >= 4 is 57.7 Å². The fourth-order valence-electron chi connectivity index (χ4n) is 13.1. The summed E-state index contributed by atoms with van der Waals surface area (Å²) in [7, 11) is 0. The molecule has 9 aromatic rings. The Kier molecular flexibility index (Phi) is 23.9. The quantitative estimate of drug-likeness (QED) is 0.0536. The number of likely N-dealkylation sites (tertiary alicyclic amines) is 3. The first kappa shape index (κ1) is 71.8. The van der Waals surface area contributed by atoms with Crippen molar-refractivity contribution in [1.29, 1.82) is 0 Å². The zero-order valence-corrected chi connectivity index (χ0v) is 58.1. The van der Waals surface area contributed by atoms with Crippen LogP contribution in [0.25, 0.3) is 32.2 Å². The summed E-state index contributed by atoms with van der Waals surface area (Å²) in [5.41, 5.74) is 11.5. The number of Topliss-reactive ketones (excluding diaryl/α,β-unsaturated/α-hetero) is 3. The number of carbonyl (C=O) groups excluding carboxylic acids is 6. The van der Waals surface area contributed by atoms with Gasteiger partial charge in [0.1, 0.15) is 23.2 Å². The van der Waals surface area contributed by atoms with Crippen molar-refractivity contribution < 1.29 is 62.1 Å². The van der Waals surface area contributed by atoms with E-state index in [9.17, 15) is 44.1 Å². The number of nitrogens with zero attached hydrogens (tertiary/aromatic N) is 9. The number of β-amino-alcohol motifs (C(OH)–C–C–N with tert-alkyl or cyclic N) is 3. The van der Waals surface area contributed by atoms with Gasteiger partial charge in [0.05, 0.1) is 92.3 Å². The molecule has 9 atom stereocenters. The monoisotopic (exact) mass is 1370 g/mol. The smallest absolute Gasteiger partial charge is 0.234 e. The molecule has 0 unspecified atom stereocenters. The van der Waals surface area contributed by atoms with Crippen LogP contribution >= 0.6 is 22.7 Å². The maximum Gasteiger partial charge on any atom is 0.234 e. The number of benzene rings is 3. The Bertz CT molecular complexity index is 3910. The van der Waals surface area contributed by atoms with Crippen molar-refractivity contribution in [2.24, 2.45) is 5.41 Å². The van der Waals surface area contributed by atoms with Crippen LogP contribution in [-0.4, -0.2) is 152 Å². The molecule has 0 saturated carbocycles. The fourth-order valence-corrected chi connectivity index (χ4v) is 14.3. The Hall–Kier alpha value is -8.94. The molecule has 0 aliphatic carbocycles. The van der Waals surface area contributed by atoms with Crippen molar-refractivity contribution in [3.8, 4) is 32.2 Å². The lowest BCUT2D eigenvalue weighted by Crippen LogP contribution is -2.45. The van der Waals surface area contributed by atoms with E-state index in [-0.39, 0.29) is 74.0 Å². The van der Waals surface area contributed by atoms with E-state index in [0.717, 1.165) is 43.1 Å². The highest BCUT2D eigenvalue weighted by atomic mass is 32.1. The van der Waals surface area contributed by atoms with E-state index in [1.807, 2.05) is 127 Å². The molecular weight excluding hydrogens is 1290 g/mol. The molecule has 0 bridgehead atoms. The molecule has 3 fully saturated rings. The molecule has 3 amide bonds. The second kappa shape index (κ2) is 32.6. The molecule has 0 spiro atoms. The molecule has 6 aromatic heterocycles. The minimum absolute atomic E-state index is 0.0231. The summed E-state index contributed by atoms with van der Waals surface area (Å²) < 4.78 is 21.4. The van der Waals surface area contributed by atoms with Gasteiger partial charge in [-0.15, -0.1) is 22.7 Å². The molecule has 0 radical (unpaired) electrons. The first-order valence-corrected chi connectivity index (χ1v) is 35.1. The summed E-state index contributed by atoms with van der Waals surface area (Å²) >= 11 is 3.17. The van der Waals surface area contributed by atoms with E-state index in [2.05, 4.69) is 30.4 Å². The SMILES string of the molecule is CC[C@@H](C(=O)N1C[C@H](O)C[C@H]1C(=O)CCc1ccc(-c2cnco2)cc1)c1cc(C)no1.CC[C@@H](C(=O)N1C[C@H](O)C[C@H]1C(=O)CCc1ccc(-c2cncs2)cc1)c1cc(C)no1.Cc1cc([C@H](C(=O)N2C[C@H](O)C[C@H]2C(=O)CCc2ccc(-c3cncs3)cc2)C(C)(C)C)on1. The number of carbonyl (C=O) groups is 6. The number of hydrogen-bond donors (Lipinski definition) is 3. The predicted molar refractivity (Wildman–Crippen MR) is 367 cm³/mol. The second-order valence-corrected chi connectivity index (χ2v) is 28.4. The largest absolute Gasteiger partial charge is 0.444 e. The van der Waals surface area contributed by atoms with Crippen LogP contribution in [0.4, 0.5) is 0 Å². The lowest BCUT2D eigenvalue weighted by atomic mass is 9.78. The Labute approximate surface area is 577 Å². The van der Waals surface area contributed by atoms with Crippen molar-refractivity contribution in [3.63, 3.8) is 0 Å². The molecule has 9 heterocycles. The standard InChI is InChI=1S/C26H31N3O4S.C24H27N3O5.C24H27N3O4S/c1-16-11-22(33-28-16)24(26(2,3)4)25(32)29-14-19(30)12-20(29)21(31)10-7-17-5-8-18(9-6-17)23-13-27-15-34-23;1-3-19(22-10-15(2)26-32-22)24(30)27-13-18(28)11-20(27)21(29)9-6-16-4-7-17(8-5-16)23-12-25-14-31-23;1-3-19(22-10-15(2)26-31-22)24(30)27-13-18(28)11-20(27)21(29)9-6-16-4-7-17(8-5-16)23-12-25-14-32-23/h5-6,8-9,11,13,15,19-20,24,30H,7,10,12,14H2,1-4H3;2*4-5,7-8,10,12,14,18-20,28H,3,6,9,11,13H2,1-2H3/t19-,20+,24-;2*18-,19-,20+/m111/s1. The van der Waals surface area contributed by atoms with Crippen molar-refractivity contribution in [2.75, 3.05) is 19.6 Å². The van der Waals surface area contributed by atoms with Crippen molar-refractivity contribution in [3.05, 3.63) is 178 Å². The summed E-state index contributed by atoms with van der Waals surface area (Å²) in [6.07, 6.45) is 9.12. The summed E-state index contributed by atoms with van der Waals surface area (Å²) in [5.74, 6) is -0.114. The summed E-state index contributed by atoms with van der Waals surface area (Å²) in [5, 5.41) is 42.5. The van der Waals surface area contributed by atoms with Crippen molar-refractivity contribution in [2.45, 2.75) is 180 Å². The van der Waals surface area contributed by atoms with E-state index in [4.69, 9.17) is 18.0 Å². The summed E-state index contributed by atoms with van der Waals surface area (Å²) in [6, 6.07) is 27.4. The van der Waals surface area contributed by atoms with Crippen LogP contribution in [0.3, 0.4) is 0 Å². The molecule has 3 aliphatic heterocycles. The van der Waals surface area contributed by atoms with Crippen molar-refractivity contribution in [1.82, 2.24) is 45.1 Å². The van der Waals surface area contributed by atoms with Gasteiger partial charge in [-0.25, -0.2) is 4.98 Å². The van der Waals surface area contributed by atoms with Gasteiger partial charge in [-0.1, -0.05) is 123 Å². The first-order chi connectivity index (χ1) is 47.0. The predicted octanol–water partition coefficient (Wildman–Crippen LogP) is 11.5. The molecule has 22 nitrogen and oxygen atoms in total. The van der Waals surface area contributed by atoms with Gasteiger partial charge in [-0.2, -0.15) is 0 Å². The number of thiazole rings is 2. The minimum Gasteiger partial charge on any atom is -0.444 e. The Morgan fingerprint density at radius 1 is 0.500 bits per heavy atom. The number of aliphatic hydroxyl groups is 3. The summed E-state index contributed by atoms with van der Waals surface area (Å²) in [4.78, 5) is 98.3. The molecule has 516 valence electrons. The Morgan fingerprint density at radius 3 is 1.16 bits per heavy atom. The van der Waals surface area contributed by atoms with Gasteiger partial charge in [-0.3, -0.25) is 38.7 Å². The molecule has 3 aromatic carbocycles. The molecule has 24 heteroatoms. The van der Waals surface area contributed by atoms with Crippen LogP contribution in [0.1, 0.15) is 155 Å². The molecule has 3 N–H and O–H groups in total. The van der Waals surface area contributed by atoms with Crippen LogP contribution in [0.15, 0.2) is 145 Å². The summed E-state index contributed by atoms with van der Waals surface area (Å²) in [6.45, 7) is 15.6. The number of rotatable bonds is 23. The first-order valence-electron chi connectivity index (χ1n) is 33.3. The third-order valence-electron chi connectivity index (χ3n) is 18.2. The van der Waals surface area contributed by atoms with E-state index in [1.54, 1.807) is 76.8 Å². The van der Waals surface area contributed by atoms with E-state index in [1.165, 1.54) is 16.2 Å². The molecule has 3 aliphatic rings. The zero-order chi connectivity index (χ0) is 69.8. The average molecular weight is 1370 g/mol. The number of ketones is 3. The van der Waals surface area contributed by atoms with Crippen LogP contribution in [-0.2, 0) is 48.0 Å². The second-order valence-electron chi connectivity index (χ2n) is 26.6. The highest BCUT2D eigenvalue weighted by Gasteiger charge is 2.47. The van der Waals surface area contributed by atoms with Crippen LogP contribution in [0, 0.1) is 26.2 Å². The minimum atomic E-state index is -0.714. The molecule has 3 saturated heterocycles. The van der Waals surface area contributed by atoms with E-state index in [0.29, 0.717) is 91.5 Å². The molecule has 12 rings (SSSR count). The van der Waals surface area contributed by atoms with Crippen LogP contribution in [0.2, 0.25) is 0 Å². The number of amides is 3. The van der Waals surface area contributed by atoms with Gasteiger partial charge in [-0.05, 0) is 86.1 Å². The van der Waals surface area contributed by atoms with Gasteiger partial charge >= 0.3 is 0 Å². The van der Waals surface area contributed by atoms with Crippen LogP contribution < -0.4 is 0 Å². The van der Waals surface area contributed by atoms with E-state index < -0.39 is 59.6 Å². The number of oxazole rings is 1. The van der Waals surface area contributed by atoms with Gasteiger partial charge in [0.15, 0.2) is 29.5 Å². The third kappa shape index (κ3) is 17.9. The third-order valence-corrected chi connectivity index (χ3v) is 19.9. The highest BCUT2D eigenvalue weighted by molar-refractivity contribution is 7.13. The molecule has 98 heavy (non-hydrogen) atoms.